The highest BCUT2D eigenvalue weighted by Crippen LogP contribution is 2.36. The van der Waals surface area contributed by atoms with Crippen molar-refractivity contribution in [3.63, 3.8) is 0 Å². The average molecular weight is 337 g/mol. The molecule has 0 unspecified atom stereocenters. The van der Waals surface area contributed by atoms with E-state index in [-0.39, 0.29) is 18.2 Å². The molecule has 1 heterocycles. The van der Waals surface area contributed by atoms with E-state index in [1.807, 2.05) is 11.5 Å². The summed E-state index contributed by atoms with van der Waals surface area (Å²) < 4.78 is 80.5. The number of aromatic nitrogens is 2. The van der Waals surface area contributed by atoms with Gasteiger partial charge in [-0.2, -0.15) is 26.3 Å². The Morgan fingerprint density at radius 1 is 0.957 bits per heavy atom. The number of alkyl halides is 6. The maximum Gasteiger partial charge on any atom is 0.416 e. The largest absolute Gasteiger partial charge is 0.416 e. The minimum atomic E-state index is -4.83. The highest BCUT2D eigenvalue weighted by atomic mass is 19.4. The number of hydrogen-bond donors (Lipinski definition) is 0. The molecule has 8 heteroatoms. The van der Waals surface area contributed by atoms with Gasteiger partial charge in [-0.25, -0.2) is 9.13 Å². The van der Waals surface area contributed by atoms with Crippen LogP contribution in [0.2, 0.25) is 0 Å². The fraction of sp³-hybridized carbons (Fsp3) is 0.400. The number of rotatable bonds is 3. The quantitative estimate of drug-likeness (QED) is 0.587. The molecule has 2 aromatic rings. The van der Waals surface area contributed by atoms with Gasteiger partial charge in [0.1, 0.15) is 18.9 Å². The number of imidazole rings is 1. The lowest BCUT2D eigenvalue weighted by Crippen LogP contribution is -2.36. The third-order valence-electron chi connectivity index (χ3n) is 3.60. The lowest BCUT2D eigenvalue weighted by atomic mass is 10.0. The fourth-order valence-corrected chi connectivity index (χ4v) is 2.35. The van der Waals surface area contributed by atoms with Gasteiger partial charge in [-0.15, -0.1) is 0 Å². The summed E-state index contributed by atoms with van der Waals surface area (Å²) in [4.78, 5) is 0. The van der Waals surface area contributed by atoms with Crippen molar-refractivity contribution in [1.29, 1.82) is 0 Å². The summed E-state index contributed by atoms with van der Waals surface area (Å²) in [5, 5.41) is 0. The van der Waals surface area contributed by atoms with Gasteiger partial charge < -0.3 is 0 Å². The van der Waals surface area contributed by atoms with Crippen molar-refractivity contribution in [2.75, 3.05) is 0 Å². The van der Waals surface area contributed by atoms with E-state index < -0.39 is 23.5 Å². The first-order valence-corrected chi connectivity index (χ1v) is 6.86. The lowest BCUT2D eigenvalue weighted by Gasteiger charge is -2.13. The molecule has 0 bridgehead atoms. The molecule has 23 heavy (non-hydrogen) atoms. The molecular formula is C15H15F6N2+. The maximum atomic E-state index is 12.8. The molecule has 2 rings (SSSR count). The van der Waals surface area contributed by atoms with E-state index in [1.54, 1.807) is 23.9 Å². The molecule has 0 spiro atoms. The monoisotopic (exact) mass is 337 g/mol. The highest BCUT2D eigenvalue weighted by Gasteiger charge is 2.37. The van der Waals surface area contributed by atoms with Crippen LogP contribution in [0.3, 0.4) is 0 Å². The van der Waals surface area contributed by atoms with Crippen molar-refractivity contribution in [1.82, 2.24) is 4.57 Å². The van der Waals surface area contributed by atoms with Gasteiger partial charge in [-0.05, 0) is 30.7 Å². The normalized spacial score (nSPS) is 12.7. The number of benzene rings is 1. The second-order valence-electron chi connectivity index (χ2n) is 5.17. The molecule has 0 fully saturated rings. The molecule has 0 aliphatic carbocycles. The van der Waals surface area contributed by atoms with Crippen molar-refractivity contribution >= 4 is 0 Å². The summed E-state index contributed by atoms with van der Waals surface area (Å²) in [6.07, 6.45) is -6.30. The Hall–Kier alpha value is -1.99. The standard InChI is InChI=1S/C15H15F6N2/c1-3-22-4-5-23(10(22)2)9-11-6-12(14(16,17)18)8-13(7-11)15(19,20)21/h4-8H,3,9H2,1-2H3/q+1. The molecule has 2 nitrogen and oxygen atoms in total. The van der Waals surface area contributed by atoms with Gasteiger partial charge in [-0.3, -0.25) is 0 Å². The molecule has 0 saturated carbocycles. The SMILES string of the molecule is CCn1cc[n+](Cc2cc(C(F)(F)F)cc(C(F)(F)F)c2)c1C. The Labute approximate surface area is 129 Å². The number of nitrogens with zero attached hydrogens (tertiary/aromatic N) is 2. The van der Waals surface area contributed by atoms with E-state index in [9.17, 15) is 26.3 Å². The minimum absolute atomic E-state index is 0.0471. The van der Waals surface area contributed by atoms with Crippen LogP contribution >= 0.6 is 0 Å². The third-order valence-corrected chi connectivity index (χ3v) is 3.60. The number of halogens is 6. The molecule has 0 aliphatic rings. The van der Waals surface area contributed by atoms with Gasteiger partial charge in [0.25, 0.3) is 5.82 Å². The van der Waals surface area contributed by atoms with E-state index in [2.05, 4.69) is 0 Å². The van der Waals surface area contributed by atoms with Crippen LogP contribution in [0.25, 0.3) is 0 Å². The van der Waals surface area contributed by atoms with Crippen LogP contribution in [-0.4, -0.2) is 4.57 Å². The Bertz CT molecular complexity index is 665. The second kappa shape index (κ2) is 5.90. The van der Waals surface area contributed by atoms with Crippen molar-refractivity contribution in [3.05, 3.63) is 53.1 Å². The summed E-state index contributed by atoms with van der Waals surface area (Å²) in [5.74, 6) is 0.749. The van der Waals surface area contributed by atoms with E-state index in [0.29, 0.717) is 6.54 Å². The Morgan fingerprint density at radius 2 is 1.48 bits per heavy atom. The summed E-state index contributed by atoms with van der Waals surface area (Å²) in [7, 11) is 0. The zero-order valence-corrected chi connectivity index (χ0v) is 12.5. The van der Waals surface area contributed by atoms with Crippen molar-refractivity contribution in [2.45, 2.75) is 39.3 Å². The van der Waals surface area contributed by atoms with Crippen LogP contribution in [0.1, 0.15) is 29.4 Å². The van der Waals surface area contributed by atoms with Crippen molar-refractivity contribution in [3.8, 4) is 0 Å². The van der Waals surface area contributed by atoms with E-state index in [1.165, 1.54) is 0 Å². The van der Waals surface area contributed by atoms with Crippen molar-refractivity contribution in [2.24, 2.45) is 0 Å². The van der Waals surface area contributed by atoms with E-state index in [4.69, 9.17) is 0 Å². The predicted molar refractivity (Wildman–Crippen MR) is 70.6 cm³/mol. The molecule has 0 saturated heterocycles. The van der Waals surface area contributed by atoms with Gasteiger partial charge in [0, 0.05) is 6.92 Å². The van der Waals surface area contributed by atoms with Gasteiger partial charge in [-0.1, -0.05) is 0 Å². The Kier molecular flexibility index (Phi) is 4.45. The molecule has 0 atom stereocenters. The van der Waals surface area contributed by atoms with Gasteiger partial charge in [0.15, 0.2) is 0 Å². The number of hydrogen-bond acceptors (Lipinski definition) is 0. The smallest absolute Gasteiger partial charge is 0.235 e. The molecule has 0 radical (unpaired) electrons. The highest BCUT2D eigenvalue weighted by molar-refractivity contribution is 5.33. The van der Waals surface area contributed by atoms with Gasteiger partial charge >= 0.3 is 12.4 Å². The molecule has 126 valence electrons. The van der Waals surface area contributed by atoms with Crippen LogP contribution in [0.4, 0.5) is 26.3 Å². The van der Waals surface area contributed by atoms with Crippen LogP contribution in [0, 0.1) is 6.92 Å². The van der Waals surface area contributed by atoms with E-state index in [0.717, 1.165) is 18.0 Å². The third kappa shape index (κ3) is 3.86. The summed E-state index contributed by atoms with van der Waals surface area (Å²) >= 11 is 0. The minimum Gasteiger partial charge on any atom is -0.235 e. The van der Waals surface area contributed by atoms with Crippen LogP contribution < -0.4 is 4.57 Å². The van der Waals surface area contributed by atoms with Crippen LogP contribution in [-0.2, 0) is 25.4 Å². The molecule has 0 amide bonds. The molecule has 1 aromatic carbocycles. The van der Waals surface area contributed by atoms with E-state index >= 15 is 0 Å². The molecular weight excluding hydrogens is 322 g/mol. The van der Waals surface area contributed by atoms with Gasteiger partial charge in [0.05, 0.1) is 17.7 Å². The Morgan fingerprint density at radius 3 is 1.87 bits per heavy atom. The first kappa shape index (κ1) is 17.4. The predicted octanol–water partition coefficient (Wildman–Crippen LogP) is 4.19. The fourth-order valence-electron chi connectivity index (χ4n) is 2.35. The first-order chi connectivity index (χ1) is 10.5. The molecule has 0 aliphatic heterocycles. The van der Waals surface area contributed by atoms with Crippen molar-refractivity contribution < 1.29 is 30.9 Å². The molecule has 1 aromatic heterocycles. The summed E-state index contributed by atoms with van der Waals surface area (Å²) in [6.45, 7) is 4.24. The van der Waals surface area contributed by atoms with Crippen LogP contribution in [0.15, 0.2) is 30.6 Å². The first-order valence-electron chi connectivity index (χ1n) is 6.86. The maximum absolute atomic E-state index is 12.8. The van der Waals surface area contributed by atoms with Crippen LogP contribution in [0.5, 0.6) is 0 Å². The lowest BCUT2D eigenvalue weighted by molar-refractivity contribution is -0.694. The van der Waals surface area contributed by atoms with Gasteiger partial charge in [0.2, 0.25) is 0 Å². The zero-order valence-electron chi connectivity index (χ0n) is 12.5. The summed E-state index contributed by atoms with van der Waals surface area (Å²) in [5.41, 5.74) is -2.64. The molecule has 0 N–H and O–H groups in total. The summed E-state index contributed by atoms with van der Waals surface area (Å²) in [6, 6.07) is 1.65. The topological polar surface area (TPSA) is 8.81 Å². The average Bonchev–Trinajstić information content (AvgIpc) is 2.77. The zero-order chi connectivity index (χ0) is 17.4. The second-order valence-corrected chi connectivity index (χ2v) is 5.17. The number of aryl methyl sites for hydroxylation is 1. The Balaban J connectivity index is 2.47.